The molecule has 0 aromatic carbocycles. The van der Waals surface area contributed by atoms with Gasteiger partial charge in [-0.15, -0.1) is 20.4 Å². The Morgan fingerprint density at radius 3 is 1.78 bits per heavy atom. The second-order valence-electron chi connectivity index (χ2n) is 7.96. The molecule has 186 valence electrons. The lowest BCUT2D eigenvalue weighted by Crippen LogP contribution is -2.14. The first-order valence-electron chi connectivity index (χ1n) is 11.2. The topological polar surface area (TPSA) is 136 Å². The van der Waals surface area contributed by atoms with Crippen molar-refractivity contribution >= 4 is 56.4 Å². The first kappa shape index (κ1) is 25.7. The van der Waals surface area contributed by atoms with E-state index in [-0.39, 0.29) is 24.7 Å². The number of unbranched alkanes of at least 4 members (excludes halogenated alkanes) is 1. The Bertz CT molecular complexity index is 1210. The quantitative estimate of drug-likeness (QED) is 0.214. The van der Waals surface area contributed by atoms with Crippen LogP contribution in [0.4, 0.5) is 10.3 Å². The molecule has 0 unspecified atom stereocenters. The molecule has 4 aromatic rings. The van der Waals surface area contributed by atoms with Crippen LogP contribution in [0.3, 0.4) is 0 Å². The summed E-state index contributed by atoms with van der Waals surface area (Å²) in [5.41, 5.74) is 2.53. The summed E-state index contributed by atoms with van der Waals surface area (Å²) in [5, 5.41) is 25.1. The Kier molecular flexibility index (Phi) is 8.98. The predicted molar refractivity (Wildman–Crippen MR) is 139 cm³/mol. The van der Waals surface area contributed by atoms with E-state index in [0.717, 1.165) is 52.5 Å². The summed E-state index contributed by atoms with van der Waals surface area (Å²) in [4.78, 5) is 32.6. The van der Waals surface area contributed by atoms with Gasteiger partial charge in [-0.25, -0.2) is 4.98 Å². The normalized spacial score (nSPS) is 10.8. The zero-order chi connectivity index (χ0) is 25.3. The van der Waals surface area contributed by atoms with Crippen molar-refractivity contribution in [3.05, 3.63) is 68.6 Å². The number of amides is 2. The van der Waals surface area contributed by atoms with Gasteiger partial charge in [0.1, 0.15) is 15.2 Å². The number of carbonyl (C=O) groups is 2. The highest BCUT2D eigenvalue weighted by Crippen LogP contribution is 2.20. The number of carbonyl (C=O) groups excluding carboxylic acids is 2. The number of aryl methyl sites for hydroxylation is 3. The van der Waals surface area contributed by atoms with E-state index in [4.69, 9.17) is 11.6 Å². The van der Waals surface area contributed by atoms with Crippen molar-refractivity contribution in [2.75, 3.05) is 10.6 Å². The molecule has 13 heteroatoms. The first-order valence-corrected chi connectivity index (χ1v) is 13.2. The van der Waals surface area contributed by atoms with Crippen molar-refractivity contribution in [2.45, 2.75) is 45.4 Å². The molecule has 4 aromatic heterocycles. The van der Waals surface area contributed by atoms with Crippen LogP contribution in [0.5, 0.6) is 0 Å². The smallest absolute Gasteiger partial charge is 0.230 e. The third-order valence-corrected chi connectivity index (χ3v) is 6.97. The number of hydrogen-bond acceptors (Lipinski definition) is 10. The van der Waals surface area contributed by atoms with Gasteiger partial charge in [0.2, 0.25) is 22.1 Å². The van der Waals surface area contributed by atoms with Crippen LogP contribution in [0.25, 0.3) is 0 Å². The second-order valence-corrected chi connectivity index (χ2v) is 10.5. The fourth-order valence-electron chi connectivity index (χ4n) is 3.17. The number of anilines is 2. The molecule has 0 aliphatic carbocycles. The summed E-state index contributed by atoms with van der Waals surface area (Å²) < 4.78 is 0. The SMILES string of the molecule is Cc1ccc(CC(=O)Nc2nnc(CCCCc3nnc(NC(=O)Cc4ccc(Cl)nc4)s3)s2)cn1. The van der Waals surface area contributed by atoms with Gasteiger partial charge in [0.05, 0.1) is 12.8 Å². The summed E-state index contributed by atoms with van der Waals surface area (Å²) in [5.74, 6) is -0.330. The van der Waals surface area contributed by atoms with Crippen LogP contribution in [0.15, 0.2) is 36.7 Å². The van der Waals surface area contributed by atoms with Gasteiger partial charge in [-0.05, 0) is 43.0 Å². The van der Waals surface area contributed by atoms with Gasteiger partial charge in [-0.1, -0.05) is 46.4 Å². The van der Waals surface area contributed by atoms with Crippen molar-refractivity contribution in [2.24, 2.45) is 0 Å². The van der Waals surface area contributed by atoms with E-state index in [2.05, 4.69) is 41.0 Å². The molecule has 2 amide bonds. The number of hydrogen-bond donors (Lipinski definition) is 2. The van der Waals surface area contributed by atoms with Gasteiger partial charge in [0.15, 0.2) is 0 Å². The van der Waals surface area contributed by atoms with E-state index in [1.165, 1.54) is 22.7 Å². The number of nitrogens with zero attached hydrogens (tertiary/aromatic N) is 6. The van der Waals surface area contributed by atoms with Crippen LogP contribution in [-0.2, 0) is 35.3 Å². The number of rotatable bonds is 11. The lowest BCUT2D eigenvalue weighted by Gasteiger charge is -2.01. The molecule has 0 radical (unpaired) electrons. The molecule has 0 spiro atoms. The Labute approximate surface area is 220 Å². The number of halogens is 1. The maximum atomic E-state index is 12.2. The standard InChI is InChI=1S/C23H23ClN8O2S2/c1-14-6-7-15(12-25-14)10-18(33)27-22-31-29-20(35-22)4-2-3-5-21-30-32-23(36-21)28-19(34)11-16-8-9-17(24)26-13-16/h6-9,12-13H,2-5,10-11H2,1H3,(H,27,31,33)(H,28,32,34). The van der Waals surface area contributed by atoms with Crippen molar-refractivity contribution in [3.63, 3.8) is 0 Å². The van der Waals surface area contributed by atoms with E-state index >= 15 is 0 Å². The van der Waals surface area contributed by atoms with Crippen LogP contribution in [0.2, 0.25) is 5.15 Å². The van der Waals surface area contributed by atoms with E-state index in [0.29, 0.717) is 15.4 Å². The Balaban J connectivity index is 1.15. The van der Waals surface area contributed by atoms with Gasteiger partial charge in [-0.2, -0.15) is 0 Å². The molecule has 0 saturated heterocycles. The highest BCUT2D eigenvalue weighted by molar-refractivity contribution is 7.15. The predicted octanol–water partition coefficient (Wildman–Crippen LogP) is 4.07. The summed E-state index contributed by atoms with van der Waals surface area (Å²) in [6, 6.07) is 7.18. The largest absolute Gasteiger partial charge is 0.300 e. The third-order valence-electron chi connectivity index (χ3n) is 4.95. The molecular formula is C23H23ClN8O2S2. The summed E-state index contributed by atoms with van der Waals surface area (Å²) in [6.45, 7) is 1.90. The number of aromatic nitrogens is 6. The molecule has 0 aliphatic rings. The highest BCUT2D eigenvalue weighted by atomic mass is 35.5. The minimum Gasteiger partial charge on any atom is -0.300 e. The van der Waals surface area contributed by atoms with Crippen LogP contribution in [0, 0.1) is 6.92 Å². The maximum absolute atomic E-state index is 12.2. The summed E-state index contributed by atoms with van der Waals surface area (Å²) in [6.07, 6.45) is 6.99. The molecule has 0 aliphatic heterocycles. The zero-order valence-electron chi connectivity index (χ0n) is 19.4. The van der Waals surface area contributed by atoms with Crippen molar-refractivity contribution in [1.29, 1.82) is 0 Å². The lowest BCUT2D eigenvalue weighted by atomic mass is 10.2. The molecule has 0 fully saturated rings. The Morgan fingerprint density at radius 1 is 0.778 bits per heavy atom. The molecule has 0 atom stereocenters. The summed E-state index contributed by atoms with van der Waals surface area (Å²) >= 11 is 8.51. The highest BCUT2D eigenvalue weighted by Gasteiger charge is 2.11. The fourth-order valence-corrected chi connectivity index (χ4v) is 4.88. The average Bonchev–Trinajstić information content (AvgIpc) is 3.49. The van der Waals surface area contributed by atoms with Crippen LogP contribution in [-0.4, -0.2) is 42.2 Å². The van der Waals surface area contributed by atoms with Crippen LogP contribution in [0.1, 0.15) is 39.7 Å². The molecule has 2 N–H and O–H groups in total. The molecule has 36 heavy (non-hydrogen) atoms. The zero-order valence-corrected chi connectivity index (χ0v) is 21.8. The molecule has 0 saturated carbocycles. The molecule has 0 bridgehead atoms. The first-order chi connectivity index (χ1) is 17.4. The maximum Gasteiger partial charge on any atom is 0.230 e. The molecular weight excluding hydrogens is 520 g/mol. The van der Waals surface area contributed by atoms with Gasteiger partial charge in [0, 0.05) is 30.9 Å². The van der Waals surface area contributed by atoms with Crippen molar-refractivity contribution in [3.8, 4) is 0 Å². The minimum atomic E-state index is -0.184. The monoisotopic (exact) mass is 542 g/mol. The van der Waals surface area contributed by atoms with E-state index in [1.807, 2.05) is 19.1 Å². The minimum absolute atomic E-state index is 0.146. The van der Waals surface area contributed by atoms with Crippen molar-refractivity contribution < 1.29 is 9.59 Å². The van der Waals surface area contributed by atoms with Gasteiger partial charge in [-0.3, -0.25) is 14.6 Å². The second kappa shape index (κ2) is 12.6. The Hall–Kier alpha value is -3.35. The molecule has 4 rings (SSSR count). The fraction of sp³-hybridized carbons (Fsp3) is 0.304. The Morgan fingerprint density at radius 2 is 1.31 bits per heavy atom. The number of nitrogens with one attached hydrogen (secondary N) is 2. The average molecular weight is 543 g/mol. The molecule has 4 heterocycles. The summed E-state index contributed by atoms with van der Waals surface area (Å²) in [7, 11) is 0. The van der Waals surface area contributed by atoms with Crippen LogP contribution < -0.4 is 10.6 Å². The lowest BCUT2D eigenvalue weighted by molar-refractivity contribution is -0.116. The molecule has 10 nitrogen and oxygen atoms in total. The van der Waals surface area contributed by atoms with Gasteiger partial charge < -0.3 is 10.6 Å². The third kappa shape index (κ3) is 8.11. The van der Waals surface area contributed by atoms with Crippen molar-refractivity contribution in [1.82, 2.24) is 30.4 Å². The van der Waals surface area contributed by atoms with E-state index < -0.39 is 0 Å². The number of pyridine rings is 2. The van der Waals surface area contributed by atoms with Crippen LogP contribution >= 0.6 is 34.3 Å². The van der Waals surface area contributed by atoms with Gasteiger partial charge >= 0.3 is 0 Å². The van der Waals surface area contributed by atoms with E-state index in [1.54, 1.807) is 24.5 Å². The van der Waals surface area contributed by atoms with E-state index in [9.17, 15) is 9.59 Å². The van der Waals surface area contributed by atoms with Gasteiger partial charge in [0.25, 0.3) is 0 Å².